The number of hydrogen-bond acceptors (Lipinski definition) is 4. The van der Waals surface area contributed by atoms with Gasteiger partial charge in [0.2, 0.25) is 0 Å². The molecule has 31 heavy (non-hydrogen) atoms. The number of nitrogens with one attached hydrogen (secondary N) is 1. The molecule has 0 radical (unpaired) electrons. The number of carboxylic acid groups (broad SMARTS) is 1. The van der Waals surface area contributed by atoms with Crippen molar-refractivity contribution < 1.29 is 19.4 Å². The third-order valence-corrected chi connectivity index (χ3v) is 6.28. The topological polar surface area (TPSA) is 78.9 Å². The maximum absolute atomic E-state index is 12.5. The fourth-order valence-electron chi connectivity index (χ4n) is 3.31. The highest BCUT2D eigenvalue weighted by Gasteiger charge is 2.19. The third kappa shape index (κ3) is 7.99. The zero-order valence-electron chi connectivity index (χ0n) is 18.7. The molecule has 0 bridgehead atoms. The summed E-state index contributed by atoms with van der Waals surface area (Å²) in [5.41, 5.74) is 1.79. The van der Waals surface area contributed by atoms with Crippen molar-refractivity contribution in [2.24, 2.45) is 0 Å². The minimum Gasteiger partial charge on any atom is -0.481 e. The molecule has 0 aliphatic heterocycles. The second-order valence-corrected chi connectivity index (χ2v) is 8.61. The number of aliphatic carboxylic acids is 1. The Balaban J connectivity index is 2.02. The van der Waals surface area contributed by atoms with Gasteiger partial charge in [0.15, 0.2) is 0 Å². The number of amides is 2. The fourth-order valence-corrected chi connectivity index (χ4v) is 4.36. The minimum absolute atomic E-state index is 0.0603. The van der Waals surface area contributed by atoms with Gasteiger partial charge in [0, 0.05) is 35.6 Å². The van der Waals surface area contributed by atoms with Crippen LogP contribution >= 0.6 is 11.3 Å². The van der Waals surface area contributed by atoms with Gasteiger partial charge < -0.3 is 15.2 Å². The van der Waals surface area contributed by atoms with Crippen molar-refractivity contribution in [2.75, 3.05) is 25.1 Å². The Labute approximate surface area is 189 Å². The standard InChI is InChI=1S/C24H34N2O4S/c1-4-6-7-8-9-15-25-24(29)26(3)19-12-10-11-18(16-19)21-13-14-22(31-21)20(30-5-2)17-23(27)28/h10-14,16,20H,4-9,15,17H2,1-3H3,(H,25,29)(H,27,28)/t20-/m0/s1. The van der Waals surface area contributed by atoms with Crippen LogP contribution in [-0.2, 0) is 9.53 Å². The van der Waals surface area contributed by atoms with E-state index in [2.05, 4.69) is 12.2 Å². The monoisotopic (exact) mass is 446 g/mol. The zero-order chi connectivity index (χ0) is 22.6. The first-order valence-corrected chi connectivity index (χ1v) is 11.8. The Morgan fingerprint density at radius 3 is 2.61 bits per heavy atom. The van der Waals surface area contributed by atoms with Crippen molar-refractivity contribution in [1.82, 2.24) is 5.32 Å². The van der Waals surface area contributed by atoms with Gasteiger partial charge in [-0.15, -0.1) is 11.3 Å². The predicted molar refractivity (Wildman–Crippen MR) is 127 cm³/mol. The van der Waals surface area contributed by atoms with Crippen LogP contribution < -0.4 is 10.2 Å². The average Bonchev–Trinajstić information content (AvgIpc) is 3.25. The number of carbonyl (C=O) groups excluding carboxylic acids is 1. The molecule has 1 aromatic heterocycles. The first kappa shape index (κ1) is 24.9. The van der Waals surface area contributed by atoms with Crippen LogP contribution in [-0.4, -0.2) is 37.3 Å². The van der Waals surface area contributed by atoms with E-state index in [1.165, 1.54) is 30.6 Å². The molecule has 2 N–H and O–H groups in total. The van der Waals surface area contributed by atoms with E-state index in [1.54, 1.807) is 11.9 Å². The van der Waals surface area contributed by atoms with Crippen LogP contribution in [0.2, 0.25) is 0 Å². The number of unbranched alkanes of at least 4 members (excludes halogenated alkanes) is 4. The number of urea groups is 1. The number of hydrogen-bond donors (Lipinski definition) is 2. The summed E-state index contributed by atoms with van der Waals surface area (Å²) < 4.78 is 5.62. The number of benzene rings is 1. The van der Waals surface area contributed by atoms with E-state index < -0.39 is 12.1 Å². The molecule has 1 aromatic carbocycles. The highest BCUT2D eigenvalue weighted by atomic mass is 32.1. The molecule has 170 valence electrons. The summed E-state index contributed by atoms with van der Waals surface area (Å²) >= 11 is 1.52. The van der Waals surface area contributed by atoms with E-state index in [0.29, 0.717) is 13.2 Å². The SMILES string of the molecule is CCCCCCCNC(=O)N(C)c1cccc(-c2ccc([C@H](CC(=O)O)OCC)s2)c1. The van der Waals surface area contributed by atoms with Crippen LogP contribution in [0.1, 0.15) is 63.4 Å². The van der Waals surface area contributed by atoms with Gasteiger partial charge in [0.05, 0.1) is 6.42 Å². The van der Waals surface area contributed by atoms with Gasteiger partial charge in [-0.25, -0.2) is 4.79 Å². The van der Waals surface area contributed by atoms with Gasteiger partial charge in [0.25, 0.3) is 0 Å². The van der Waals surface area contributed by atoms with E-state index in [1.807, 2.05) is 43.3 Å². The molecular formula is C24H34N2O4S. The van der Waals surface area contributed by atoms with Crippen LogP contribution in [0.25, 0.3) is 10.4 Å². The van der Waals surface area contributed by atoms with Crippen LogP contribution in [0.15, 0.2) is 36.4 Å². The maximum atomic E-state index is 12.5. The molecule has 1 heterocycles. The van der Waals surface area contributed by atoms with Gasteiger partial charge in [-0.1, -0.05) is 44.7 Å². The van der Waals surface area contributed by atoms with Crippen LogP contribution in [0.4, 0.5) is 10.5 Å². The first-order valence-electron chi connectivity index (χ1n) is 11.0. The second kappa shape index (κ2) is 13.1. The summed E-state index contributed by atoms with van der Waals surface area (Å²) in [6.07, 6.45) is 5.29. The summed E-state index contributed by atoms with van der Waals surface area (Å²) in [7, 11) is 1.77. The van der Waals surface area contributed by atoms with Gasteiger partial charge >= 0.3 is 12.0 Å². The minimum atomic E-state index is -0.881. The first-order chi connectivity index (χ1) is 15.0. The van der Waals surface area contributed by atoms with Crippen molar-refractivity contribution in [3.05, 3.63) is 41.3 Å². The lowest BCUT2D eigenvalue weighted by Crippen LogP contribution is -2.37. The highest BCUT2D eigenvalue weighted by molar-refractivity contribution is 7.15. The summed E-state index contributed by atoms with van der Waals surface area (Å²) in [4.78, 5) is 27.2. The molecule has 0 fully saturated rings. The largest absolute Gasteiger partial charge is 0.481 e. The number of thiophene rings is 1. The van der Waals surface area contributed by atoms with Crippen molar-refractivity contribution in [1.29, 1.82) is 0 Å². The average molecular weight is 447 g/mol. The Kier molecular flexibility index (Phi) is 10.5. The summed E-state index contributed by atoms with van der Waals surface area (Å²) in [5, 5.41) is 12.1. The van der Waals surface area contributed by atoms with E-state index in [-0.39, 0.29) is 12.5 Å². The third-order valence-electron chi connectivity index (χ3n) is 5.05. The molecule has 0 aliphatic rings. The van der Waals surface area contributed by atoms with Crippen LogP contribution in [0, 0.1) is 0 Å². The van der Waals surface area contributed by atoms with E-state index >= 15 is 0 Å². The molecule has 7 heteroatoms. The molecule has 2 amide bonds. The van der Waals surface area contributed by atoms with Crippen LogP contribution in [0.5, 0.6) is 0 Å². The summed E-state index contributed by atoms with van der Waals surface area (Å²) in [6, 6.07) is 11.6. The molecule has 2 rings (SSSR count). The van der Waals surface area contributed by atoms with E-state index in [0.717, 1.165) is 33.8 Å². The van der Waals surface area contributed by atoms with E-state index in [4.69, 9.17) is 9.84 Å². The van der Waals surface area contributed by atoms with Gasteiger partial charge in [0.1, 0.15) is 6.10 Å². The van der Waals surface area contributed by atoms with Crippen molar-refractivity contribution in [3.8, 4) is 10.4 Å². The van der Waals surface area contributed by atoms with E-state index in [9.17, 15) is 9.59 Å². The van der Waals surface area contributed by atoms with Gasteiger partial charge in [-0.3, -0.25) is 9.69 Å². The fraction of sp³-hybridized carbons (Fsp3) is 0.500. The molecule has 0 saturated carbocycles. The Bertz CT molecular complexity index is 836. The number of carbonyl (C=O) groups is 2. The van der Waals surface area contributed by atoms with Gasteiger partial charge in [-0.2, -0.15) is 0 Å². The number of carboxylic acids is 1. The highest BCUT2D eigenvalue weighted by Crippen LogP contribution is 2.35. The Morgan fingerprint density at radius 1 is 1.13 bits per heavy atom. The molecule has 2 aromatic rings. The normalized spacial score (nSPS) is 11.8. The molecule has 0 unspecified atom stereocenters. The quantitative estimate of drug-likeness (QED) is 0.365. The van der Waals surface area contributed by atoms with Crippen molar-refractivity contribution in [2.45, 2.75) is 58.5 Å². The lowest BCUT2D eigenvalue weighted by Gasteiger charge is -2.19. The lowest BCUT2D eigenvalue weighted by atomic mass is 10.1. The molecule has 6 nitrogen and oxygen atoms in total. The molecule has 0 spiro atoms. The van der Waals surface area contributed by atoms with Crippen LogP contribution in [0.3, 0.4) is 0 Å². The van der Waals surface area contributed by atoms with Crippen molar-refractivity contribution in [3.63, 3.8) is 0 Å². The van der Waals surface area contributed by atoms with Gasteiger partial charge in [-0.05, 0) is 43.2 Å². The Morgan fingerprint density at radius 2 is 1.90 bits per heavy atom. The molecule has 0 aliphatic carbocycles. The molecule has 0 saturated heterocycles. The number of anilines is 1. The summed E-state index contributed by atoms with van der Waals surface area (Å²) in [6.45, 7) is 5.19. The second-order valence-electron chi connectivity index (χ2n) is 7.50. The predicted octanol–water partition coefficient (Wildman–Crippen LogP) is 6.08. The van der Waals surface area contributed by atoms with Crippen molar-refractivity contribution >= 4 is 29.0 Å². The molecular weight excluding hydrogens is 412 g/mol. The smallest absolute Gasteiger partial charge is 0.321 e. The number of rotatable bonds is 13. The maximum Gasteiger partial charge on any atom is 0.321 e. The Hall–Kier alpha value is -2.38. The summed E-state index contributed by atoms with van der Waals surface area (Å²) in [5.74, 6) is -0.881. The number of ether oxygens (including phenoxy) is 1. The number of nitrogens with zero attached hydrogens (tertiary/aromatic N) is 1. The zero-order valence-corrected chi connectivity index (χ0v) is 19.5. The molecule has 1 atom stereocenters. The lowest BCUT2D eigenvalue weighted by molar-refractivity contribution is -0.140.